The maximum absolute atomic E-state index is 8.67. The molecule has 0 bridgehead atoms. The van der Waals surface area contributed by atoms with Crippen molar-refractivity contribution in [2.75, 3.05) is 5.73 Å². The number of anilines is 1. The second-order valence-corrected chi connectivity index (χ2v) is 3.70. The zero-order chi connectivity index (χ0) is 11.5. The molecule has 1 aromatic heterocycles. The van der Waals surface area contributed by atoms with Gasteiger partial charge in [0.25, 0.3) is 0 Å². The number of rotatable bonds is 2. The molecule has 0 saturated carbocycles. The molecule has 0 aliphatic rings. The molecule has 0 atom stereocenters. The van der Waals surface area contributed by atoms with E-state index in [-0.39, 0.29) is 0 Å². The van der Waals surface area contributed by atoms with Crippen LogP contribution >= 0.6 is 0 Å². The molecule has 0 unspecified atom stereocenters. The molecule has 2 N–H and O–H groups in total. The molecule has 0 fully saturated rings. The molecule has 1 aromatic carbocycles. The van der Waals surface area contributed by atoms with Gasteiger partial charge in [0.05, 0.1) is 18.7 Å². The van der Waals surface area contributed by atoms with Gasteiger partial charge in [-0.3, -0.25) is 4.68 Å². The van der Waals surface area contributed by atoms with Crippen molar-refractivity contribution in [1.29, 1.82) is 5.26 Å². The van der Waals surface area contributed by atoms with Gasteiger partial charge in [-0.15, -0.1) is 0 Å². The number of hydrogen-bond acceptors (Lipinski definition) is 3. The zero-order valence-electron chi connectivity index (χ0n) is 9.01. The average Bonchev–Trinajstić information content (AvgIpc) is 2.64. The Bertz CT molecular complexity index is 548. The van der Waals surface area contributed by atoms with Crippen LogP contribution in [0.25, 0.3) is 11.1 Å². The number of nitrogen functional groups attached to an aromatic ring is 1. The highest BCUT2D eigenvalue weighted by Gasteiger charge is 2.03. The standard InChI is InChI=1S/C12H12N4/c1-16-8-11(7-15-16)10-4-9(2-3-13)5-12(14)6-10/h4-8H,2,14H2,1H3. The first-order valence-corrected chi connectivity index (χ1v) is 4.94. The van der Waals surface area contributed by atoms with Crippen molar-refractivity contribution in [1.82, 2.24) is 9.78 Å². The number of hydrogen-bond donors (Lipinski definition) is 1. The molecule has 0 spiro atoms. The van der Waals surface area contributed by atoms with Crippen molar-refractivity contribution >= 4 is 5.69 Å². The monoisotopic (exact) mass is 212 g/mol. The molecule has 2 aromatic rings. The maximum atomic E-state index is 8.67. The predicted octanol–water partition coefficient (Wildman–Crippen LogP) is 1.74. The Balaban J connectivity index is 2.45. The fraction of sp³-hybridized carbons (Fsp3) is 0.167. The lowest BCUT2D eigenvalue weighted by atomic mass is 10.0. The minimum absolute atomic E-state index is 0.373. The molecule has 80 valence electrons. The van der Waals surface area contributed by atoms with Crippen LogP contribution in [0.1, 0.15) is 5.56 Å². The van der Waals surface area contributed by atoms with E-state index in [1.54, 1.807) is 10.9 Å². The van der Waals surface area contributed by atoms with Crippen molar-refractivity contribution < 1.29 is 0 Å². The summed E-state index contributed by atoms with van der Waals surface area (Å²) in [6.07, 6.45) is 4.08. The zero-order valence-corrected chi connectivity index (χ0v) is 9.01. The van der Waals surface area contributed by atoms with Gasteiger partial charge in [-0.25, -0.2) is 0 Å². The molecule has 2 rings (SSSR count). The summed E-state index contributed by atoms with van der Waals surface area (Å²) in [5, 5.41) is 12.8. The Morgan fingerprint density at radius 1 is 1.38 bits per heavy atom. The van der Waals surface area contributed by atoms with E-state index in [0.29, 0.717) is 12.1 Å². The van der Waals surface area contributed by atoms with E-state index < -0.39 is 0 Å². The van der Waals surface area contributed by atoms with Crippen LogP contribution in [0.3, 0.4) is 0 Å². The van der Waals surface area contributed by atoms with E-state index >= 15 is 0 Å². The Morgan fingerprint density at radius 3 is 2.81 bits per heavy atom. The molecule has 0 saturated heterocycles. The molecular weight excluding hydrogens is 200 g/mol. The van der Waals surface area contributed by atoms with E-state index in [1.165, 1.54) is 0 Å². The minimum atomic E-state index is 0.373. The Morgan fingerprint density at radius 2 is 2.19 bits per heavy atom. The molecule has 1 heterocycles. The van der Waals surface area contributed by atoms with E-state index in [2.05, 4.69) is 11.2 Å². The average molecular weight is 212 g/mol. The van der Waals surface area contributed by atoms with Crippen molar-refractivity contribution in [3.05, 3.63) is 36.2 Å². The van der Waals surface area contributed by atoms with E-state index in [4.69, 9.17) is 11.0 Å². The van der Waals surface area contributed by atoms with Gasteiger partial charge >= 0.3 is 0 Å². The van der Waals surface area contributed by atoms with E-state index in [1.807, 2.05) is 31.4 Å². The highest BCUT2D eigenvalue weighted by atomic mass is 15.2. The van der Waals surface area contributed by atoms with Crippen LogP contribution in [0.2, 0.25) is 0 Å². The summed E-state index contributed by atoms with van der Waals surface area (Å²) < 4.78 is 1.74. The van der Waals surface area contributed by atoms with Gasteiger partial charge in [-0.1, -0.05) is 0 Å². The third-order valence-corrected chi connectivity index (χ3v) is 2.34. The number of nitrogens with zero attached hydrogens (tertiary/aromatic N) is 3. The summed E-state index contributed by atoms with van der Waals surface area (Å²) in [4.78, 5) is 0. The summed E-state index contributed by atoms with van der Waals surface area (Å²) in [6.45, 7) is 0. The fourth-order valence-electron chi connectivity index (χ4n) is 1.65. The van der Waals surface area contributed by atoms with Crippen molar-refractivity contribution in [2.24, 2.45) is 7.05 Å². The van der Waals surface area contributed by atoms with Gasteiger partial charge in [-0.05, 0) is 29.3 Å². The van der Waals surface area contributed by atoms with E-state index in [0.717, 1.165) is 16.7 Å². The molecule has 0 aliphatic heterocycles. The third-order valence-electron chi connectivity index (χ3n) is 2.34. The predicted molar refractivity (Wildman–Crippen MR) is 62.4 cm³/mol. The lowest BCUT2D eigenvalue weighted by Gasteiger charge is -2.03. The normalized spacial score (nSPS) is 10.0. The molecular formula is C12H12N4. The smallest absolute Gasteiger partial charge is 0.0669 e. The van der Waals surface area contributed by atoms with Gasteiger partial charge in [0.15, 0.2) is 0 Å². The fourth-order valence-corrected chi connectivity index (χ4v) is 1.65. The van der Waals surface area contributed by atoms with Crippen molar-refractivity contribution in [3.63, 3.8) is 0 Å². The Hall–Kier alpha value is -2.28. The number of aryl methyl sites for hydroxylation is 1. The second-order valence-electron chi connectivity index (χ2n) is 3.70. The third kappa shape index (κ3) is 2.04. The topological polar surface area (TPSA) is 67.6 Å². The quantitative estimate of drug-likeness (QED) is 0.771. The van der Waals surface area contributed by atoms with Crippen LogP contribution < -0.4 is 5.73 Å². The molecule has 0 amide bonds. The Labute approximate surface area is 93.9 Å². The van der Waals surface area contributed by atoms with Crippen LogP contribution in [0.5, 0.6) is 0 Å². The van der Waals surface area contributed by atoms with Gasteiger partial charge < -0.3 is 5.73 Å². The first kappa shape index (κ1) is 10.2. The van der Waals surface area contributed by atoms with Gasteiger partial charge in [0.1, 0.15) is 0 Å². The minimum Gasteiger partial charge on any atom is -0.399 e. The summed E-state index contributed by atoms with van der Waals surface area (Å²) in [6, 6.07) is 7.80. The lowest BCUT2D eigenvalue weighted by molar-refractivity contribution is 0.768. The molecule has 0 aliphatic carbocycles. The van der Waals surface area contributed by atoms with Gasteiger partial charge in [-0.2, -0.15) is 10.4 Å². The van der Waals surface area contributed by atoms with Crippen LogP contribution in [0.15, 0.2) is 30.6 Å². The SMILES string of the molecule is Cn1cc(-c2cc(N)cc(CC#N)c2)cn1. The highest BCUT2D eigenvalue weighted by Crippen LogP contribution is 2.23. The van der Waals surface area contributed by atoms with Gasteiger partial charge in [0, 0.05) is 24.5 Å². The summed E-state index contributed by atoms with van der Waals surface area (Å²) in [5.41, 5.74) is 9.41. The van der Waals surface area contributed by atoms with Crippen molar-refractivity contribution in [3.8, 4) is 17.2 Å². The van der Waals surface area contributed by atoms with E-state index in [9.17, 15) is 0 Å². The molecule has 16 heavy (non-hydrogen) atoms. The number of nitriles is 1. The number of nitrogens with two attached hydrogens (primary N) is 1. The first-order chi connectivity index (χ1) is 7.69. The van der Waals surface area contributed by atoms with Crippen LogP contribution in [0, 0.1) is 11.3 Å². The number of aromatic nitrogens is 2. The second kappa shape index (κ2) is 4.07. The summed E-state index contributed by atoms with van der Waals surface area (Å²) in [5.74, 6) is 0. The summed E-state index contributed by atoms with van der Waals surface area (Å²) >= 11 is 0. The van der Waals surface area contributed by atoms with Crippen LogP contribution in [0.4, 0.5) is 5.69 Å². The molecule has 0 radical (unpaired) electrons. The van der Waals surface area contributed by atoms with Crippen molar-refractivity contribution in [2.45, 2.75) is 6.42 Å². The maximum Gasteiger partial charge on any atom is 0.0669 e. The lowest BCUT2D eigenvalue weighted by Crippen LogP contribution is -1.90. The Kier molecular flexibility index (Phi) is 2.61. The molecule has 4 heteroatoms. The first-order valence-electron chi connectivity index (χ1n) is 4.94. The molecule has 4 nitrogen and oxygen atoms in total. The highest BCUT2D eigenvalue weighted by molar-refractivity contribution is 5.67. The summed E-state index contributed by atoms with van der Waals surface area (Å²) in [7, 11) is 1.87. The van der Waals surface area contributed by atoms with Gasteiger partial charge in [0.2, 0.25) is 0 Å². The van der Waals surface area contributed by atoms with Crippen LogP contribution in [-0.4, -0.2) is 9.78 Å². The largest absolute Gasteiger partial charge is 0.399 e. The van der Waals surface area contributed by atoms with Crippen LogP contribution in [-0.2, 0) is 13.5 Å². The number of benzene rings is 1.